The number of esters is 1. The average Bonchev–Trinajstić information content (AvgIpc) is 2.64. The van der Waals surface area contributed by atoms with Gasteiger partial charge in [-0.1, -0.05) is 30.3 Å². The third-order valence-electron chi connectivity index (χ3n) is 2.42. The van der Waals surface area contributed by atoms with Gasteiger partial charge in [0.05, 0.1) is 6.26 Å². The lowest BCUT2D eigenvalue weighted by Gasteiger charge is -2.18. The van der Waals surface area contributed by atoms with Crippen LogP contribution in [0.2, 0.25) is 0 Å². The van der Waals surface area contributed by atoms with E-state index in [-0.39, 0.29) is 12.2 Å². The van der Waals surface area contributed by atoms with Gasteiger partial charge in [-0.05, 0) is 19.1 Å². The molecular formula is C15H14O5. The summed E-state index contributed by atoms with van der Waals surface area (Å²) in [5, 5.41) is 0. The fraction of sp³-hybridized carbons (Fsp3) is 0.200. The van der Waals surface area contributed by atoms with Crippen molar-refractivity contribution >= 4 is 17.5 Å². The molecule has 0 N–H and O–H groups in total. The maximum Gasteiger partial charge on any atom is 0.408 e. The molecule has 0 aromatic heterocycles. The van der Waals surface area contributed by atoms with E-state index < -0.39 is 12.4 Å². The van der Waals surface area contributed by atoms with Crippen LogP contribution >= 0.6 is 0 Å². The van der Waals surface area contributed by atoms with Crippen molar-refractivity contribution in [3.05, 3.63) is 54.3 Å². The first-order valence-corrected chi connectivity index (χ1v) is 6.08. The third kappa shape index (κ3) is 3.98. The number of ketones is 1. The zero-order valence-corrected chi connectivity index (χ0v) is 10.9. The van der Waals surface area contributed by atoms with E-state index in [0.717, 1.165) is 5.56 Å². The number of Topliss-reactive ketones (excluding diaryl/α,β-unsaturated/α-hetero) is 1. The molecule has 1 heterocycles. The van der Waals surface area contributed by atoms with E-state index in [9.17, 15) is 9.59 Å². The van der Waals surface area contributed by atoms with Gasteiger partial charge < -0.3 is 14.2 Å². The van der Waals surface area contributed by atoms with Crippen molar-refractivity contribution < 1.29 is 23.8 Å². The summed E-state index contributed by atoms with van der Waals surface area (Å²) in [5.74, 6) is -0.455. The Morgan fingerprint density at radius 3 is 2.70 bits per heavy atom. The number of carbonyl (C=O) groups excluding carboxylic acids is 2. The fourth-order valence-electron chi connectivity index (χ4n) is 1.58. The lowest BCUT2D eigenvalue weighted by Crippen LogP contribution is -2.23. The van der Waals surface area contributed by atoms with Gasteiger partial charge in [-0.25, -0.2) is 0 Å². The Hall–Kier alpha value is -2.56. The van der Waals surface area contributed by atoms with E-state index in [1.165, 1.54) is 13.2 Å². The van der Waals surface area contributed by atoms with Crippen molar-refractivity contribution in [1.82, 2.24) is 0 Å². The SMILES string of the molecule is CC(=O)CC(=O)OC1OC=CC=C(c2ccccc2)O1. The summed E-state index contributed by atoms with van der Waals surface area (Å²) in [6.45, 7) is 0.109. The molecule has 1 aliphatic rings. The van der Waals surface area contributed by atoms with Crippen molar-refractivity contribution in [3.8, 4) is 0 Å². The van der Waals surface area contributed by atoms with Crippen LogP contribution in [0, 0.1) is 0 Å². The lowest BCUT2D eigenvalue weighted by molar-refractivity contribution is -0.228. The first-order chi connectivity index (χ1) is 9.65. The van der Waals surface area contributed by atoms with Crippen LogP contribution in [0.4, 0.5) is 0 Å². The summed E-state index contributed by atoms with van der Waals surface area (Å²) in [7, 11) is 0. The summed E-state index contributed by atoms with van der Waals surface area (Å²) < 4.78 is 15.5. The van der Waals surface area contributed by atoms with Crippen LogP contribution in [0.1, 0.15) is 18.9 Å². The standard InChI is InChI=1S/C15H14O5/c1-11(16)10-14(17)20-15-18-9-5-8-13(19-15)12-6-3-2-4-7-12/h2-9,15H,10H2,1H3. The maximum atomic E-state index is 11.4. The van der Waals surface area contributed by atoms with E-state index >= 15 is 0 Å². The van der Waals surface area contributed by atoms with E-state index in [1.54, 1.807) is 12.2 Å². The highest BCUT2D eigenvalue weighted by Gasteiger charge is 2.20. The largest absolute Gasteiger partial charge is 0.431 e. The van der Waals surface area contributed by atoms with E-state index in [2.05, 4.69) is 0 Å². The Labute approximate surface area is 116 Å². The Kier molecular flexibility index (Phi) is 4.55. The van der Waals surface area contributed by atoms with Gasteiger partial charge in [0.2, 0.25) is 0 Å². The molecule has 0 amide bonds. The van der Waals surface area contributed by atoms with Gasteiger partial charge in [-0.15, -0.1) is 0 Å². The van der Waals surface area contributed by atoms with Gasteiger partial charge in [-0.2, -0.15) is 0 Å². The van der Waals surface area contributed by atoms with E-state index in [1.807, 2.05) is 30.3 Å². The molecule has 1 aromatic carbocycles. The average molecular weight is 274 g/mol. The van der Waals surface area contributed by atoms with Crippen molar-refractivity contribution in [2.75, 3.05) is 0 Å². The monoisotopic (exact) mass is 274 g/mol. The first kappa shape index (κ1) is 13.9. The van der Waals surface area contributed by atoms with Crippen LogP contribution in [-0.2, 0) is 23.8 Å². The Bertz CT molecular complexity index is 545. The van der Waals surface area contributed by atoms with Crippen LogP contribution in [0.3, 0.4) is 0 Å². The molecule has 104 valence electrons. The minimum atomic E-state index is -1.20. The molecule has 1 aliphatic heterocycles. The molecule has 0 aliphatic carbocycles. The normalized spacial score (nSPS) is 17.2. The molecule has 1 atom stereocenters. The quantitative estimate of drug-likeness (QED) is 0.623. The van der Waals surface area contributed by atoms with Crippen LogP contribution < -0.4 is 0 Å². The minimum absolute atomic E-state index is 0.280. The maximum absolute atomic E-state index is 11.4. The number of carbonyl (C=O) groups is 2. The smallest absolute Gasteiger partial charge is 0.408 e. The molecule has 1 unspecified atom stereocenters. The number of hydrogen-bond acceptors (Lipinski definition) is 5. The summed E-state index contributed by atoms with van der Waals surface area (Å²) >= 11 is 0. The fourth-order valence-corrected chi connectivity index (χ4v) is 1.58. The van der Waals surface area contributed by atoms with Crippen LogP contribution in [-0.4, -0.2) is 18.2 Å². The Morgan fingerprint density at radius 2 is 2.00 bits per heavy atom. The summed E-state index contributed by atoms with van der Waals surface area (Å²) in [4.78, 5) is 22.3. The number of rotatable bonds is 4. The Balaban J connectivity index is 2.04. The molecule has 5 heteroatoms. The minimum Gasteiger partial charge on any atom is -0.431 e. The number of benzene rings is 1. The highest BCUT2D eigenvalue weighted by Crippen LogP contribution is 2.21. The predicted octanol–water partition coefficient (Wildman–Crippen LogP) is 2.39. The van der Waals surface area contributed by atoms with Gasteiger partial charge in [0.15, 0.2) is 0 Å². The molecule has 0 fully saturated rings. The van der Waals surface area contributed by atoms with Gasteiger partial charge >= 0.3 is 12.4 Å². The van der Waals surface area contributed by atoms with Gasteiger partial charge in [0.25, 0.3) is 0 Å². The molecule has 2 rings (SSSR count). The van der Waals surface area contributed by atoms with Gasteiger partial charge in [-0.3, -0.25) is 9.59 Å². The van der Waals surface area contributed by atoms with Crippen molar-refractivity contribution in [2.24, 2.45) is 0 Å². The second-order valence-corrected chi connectivity index (χ2v) is 4.14. The van der Waals surface area contributed by atoms with Crippen LogP contribution in [0.25, 0.3) is 5.76 Å². The topological polar surface area (TPSA) is 61.8 Å². The number of ether oxygens (including phenoxy) is 3. The molecule has 0 saturated carbocycles. The molecule has 0 saturated heterocycles. The van der Waals surface area contributed by atoms with Crippen molar-refractivity contribution in [2.45, 2.75) is 19.8 Å². The second-order valence-electron chi connectivity index (χ2n) is 4.14. The van der Waals surface area contributed by atoms with Crippen LogP contribution in [0.15, 0.2) is 48.7 Å². The summed E-state index contributed by atoms with van der Waals surface area (Å²) in [6, 6.07) is 9.34. The molecule has 5 nitrogen and oxygen atoms in total. The lowest BCUT2D eigenvalue weighted by atomic mass is 10.2. The second kappa shape index (κ2) is 6.56. The van der Waals surface area contributed by atoms with Gasteiger partial charge in [0, 0.05) is 5.56 Å². The Morgan fingerprint density at radius 1 is 1.25 bits per heavy atom. The van der Waals surface area contributed by atoms with E-state index in [4.69, 9.17) is 14.2 Å². The van der Waals surface area contributed by atoms with Gasteiger partial charge in [0.1, 0.15) is 18.0 Å². The first-order valence-electron chi connectivity index (χ1n) is 6.08. The third-order valence-corrected chi connectivity index (χ3v) is 2.42. The molecule has 0 radical (unpaired) electrons. The zero-order valence-electron chi connectivity index (χ0n) is 10.9. The molecule has 1 aromatic rings. The predicted molar refractivity (Wildman–Crippen MR) is 70.9 cm³/mol. The molecular weight excluding hydrogens is 260 g/mol. The number of hydrogen-bond donors (Lipinski definition) is 0. The van der Waals surface area contributed by atoms with Crippen LogP contribution in [0.5, 0.6) is 0 Å². The number of allylic oxidation sites excluding steroid dienone is 2. The highest BCUT2D eigenvalue weighted by molar-refractivity contribution is 5.94. The van der Waals surface area contributed by atoms with E-state index in [0.29, 0.717) is 5.76 Å². The zero-order chi connectivity index (χ0) is 14.4. The highest BCUT2D eigenvalue weighted by atomic mass is 16.9. The molecule has 0 bridgehead atoms. The summed E-state index contributed by atoms with van der Waals surface area (Å²) in [5.41, 5.74) is 0.829. The molecule has 0 spiro atoms. The van der Waals surface area contributed by atoms with Crippen molar-refractivity contribution in [3.63, 3.8) is 0 Å². The molecule has 20 heavy (non-hydrogen) atoms. The van der Waals surface area contributed by atoms with Crippen molar-refractivity contribution in [1.29, 1.82) is 0 Å². The summed E-state index contributed by atoms with van der Waals surface area (Å²) in [6.07, 6.45) is 4.40.